The molecule has 7 nitrogen and oxygen atoms in total. The molecule has 2 heterocycles. The lowest BCUT2D eigenvalue weighted by atomic mass is 9.84. The summed E-state index contributed by atoms with van der Waals surface area (Å²) in [7, 11) is 0. The molecule has 3 aromatic carbocycles. The number of amides is 3. The van der Waals surface area contributed by atoms with Crippen LogP contribution in [0.1, 0.15) is 94.6 Å². The summed E-state index contributed by atoms with van der Waals surface area (Å²) in [6.07, 6.45) is 11.0. The molecule has 0 bridgehead atoms. The van der Waals surface area contributed by atoms with E-state index in [1.807, 2.05) is 47.4 Å². The van der Waals surface area contributed by atoms with Crippen LogP contribution < -0.4 is 10.6 Å². The average molecular weight is 638 g/mol. The smallest absolute Gasteiger partial charge is 0.242 e. The van der Waals surface area contributed by atoms with Crippen LogP contribution in [0.5, 0.6) is 0 Å². The quantitative estimate of drug-likeness (QED) is 0.294. The molecule has 47 heavy (non-hydrogen) atoms. The predicted molar refractivity (Wildman–Crippen MR) is 186 cm³/mol. The summed E-state index contributed by atoms with van der Waals surface area (Å²) in [4.78, 5) is 56.8. The Morgan fingerprint density at radius 3 is 2.15 bits per heavy atom. The fourth-order valence-corrected chi connectivity index (χ4v) is 7.18. The van der Waals surface area contributed by atoms with Crippen LogP contribution in [0.2, 0.25) is 0 Å². The highest BCUT2D eigenvalue weighted by atomic mass is 16.2. The number of likely N-dealkylation sites (tertiary alicyclic amines) is 1. The van der Waals surface area contributed by atoms with E-state index in [0.29, 0.717) is 32.5 Å². The zero-order valence-corrected chi connectivity index (χ0v) is 27.8. The molecule has 7 heteroatoms. The van der Waals surface area contributed by atoms with Gasteiger partial charge in [-0.1, -0.05) is 118 Å². The Balaban J connectivity index is 1.34. The second kappa shape index (κ2) is 17.8. The van der Waals surface area contributed by atoms with Crippen LogP contribution in [0.25, 0.3) is 10.8 Å². The maximum Gasteiger partial charge on any atom is 0.242 e. The third-order valence-electron chi connectivity index (χ3n) is 9.99. The standard InChI is InChI=1S/C40H51N3O4/c44-37-27-34(28-38(45)43-24-13-14-25-43)39(46)42-36(40(47)41-29-33-21-15-20-31-18-11-12-22-35(31)33)23-10-5-3-1-2-4-9-19-32(37)26-30-16-7-6-8-17-30/h6-8,11-12,15-18,20-22,32,34,36H,1-5,9-10,13-14,19,23-29H2,(H,41,47)(H,42,46)/t32-,34-,36+/m0/s1. The number of nitrogens with zero attached hydrogens (tertiary/aromatic N) is 1. The van der Waals surface area contributed by atoms with Crippen LogP contribution >= 0.6 is 0 Å². The molecule has 2 fully saturated rings. The number of rotatable bonds is 7. The number of benzene rings is 3. The van der Waals surface area contributed by atoms with Crippen molar-refractivity contribution in [2.24, 2.45) is 11.8 Å². The van der Waals surface area contributed by atoms with Crippen molar-refractivity contribution in [2.45, 2.75) is 102 Å². The highest BCUT2D eigenvalue weighted by molar-refractivity contribution is 5.94. The van der Waals surface area contributed by atoms with E-state index >= 15 is 0 Å². The molecule has 0 aliphatic carbocycles. The second-order valence-electron chi connectivity index (χ2n) is 13.5. The van der Waals surface area contributed by atoms with Gasteiger partial charge in [-0.3, -0.25) is 19.2 Å². The Morgan fingerprint density at radius 2 is 1.38 bits per heavy atom. The van der Waals surface area contributed by atoms with Gasteiger partial charge in [-0.15, -0.1) is 0 Å². The molecule has 3 aromatic rings. The van der Waals surface area contributed by atoms with Gasteiger partial charge in [-0.2, -0.15) is 0 Å². The van der Waals surface area contributed by atoms with Gasteiger partial charge in [0.25, 0.3) is 0 Å². The summed E-state index contributed by atoms with van der Waals surface area (Å²) < 4.78 is 0. The molecule has 2 N–H and O–H groups in total. The van der Waals surface area contributed by atoms with Gasteiger partial charge >= 0.3 is 0 Å². The van der Waals surface area contributed by atoms with Crippen LogP contribution in [-0.4, -0.2) is 47.5 Å². The van der Waals surface area contributed by atoms with E-state index in [2.05, 4.69) is 41.0 Å². The molecule has 0 aromatic heterocycles. The third kappa shape index (κ3) is 10.2. The van der Waals surface area contributed by atoms with Crippen molar-refractivity contribution in [3.63, 3.8) is 0 Å². The SMILES string of the molecule is O=C1C[C@@H](CC(=O)N2CCCC2)C(=O)N[C@@H](C(=O)NCc2cccc3ccccc23)CCCCCCCCC[C@H]1Cc1ccccc1. The van der Waals surface area contributed by atoms with E-state index in [1.165, 1.54) is 0 Å². The molecule has 2 saturated heterocycles. The molecular formula is C40H51N3O4. The van der Waals surface area contributed by atoms with Crippen LogP contribution in [-0.2, 0) is 32.1 Å². The van der Waals surface area contributed by atoms with Crippen molar-refractivity contribution < 1.29 is 19.2 Å². The van der Waals surface area contributed by atoms with Crippen molar-refractivity contribution in [3.05, 3.63) is 83.9 Å². The molecule has 0 saturated carbocycles. The summed E-state index contributed by atoms with van der Waals surface area (Å²) in [5.41, 5.74) is 2.12. The van der Waals surface area contributed by atoms with Crippen molar-refractivity contribution in [3.8, 4) is 0 Å². The molecule has 2 aliphatic rings. The first-order valence-corrected chi connectivity index (χ1v) is 17.9. The monoisotopic (exact) mass is 637 g/mol. The first-order valence-electron chi connectivity index (χ1n) is 17.9. The minimum atomic E-state index is -0.810. The highest BCUT2D eigenvalue weighted by Gasteiger charge is 2.33. The van der Waals surface area contributed by atoms with Gasteiger partial charge < -0.3 is 15.5 Å². The number of carbonyl (C=O) groups excluding carboxylic acids is 4. The number of fused-ring (bicyclic) bond motifs is 1. The maximum atomic E-state index is 14.0. The van der Waals surface area contributed by atoms with Gasteiger partial charge in [-0.25, -0.2) is 0 Å². The average Bonchev–Trinajstić information content (AvgIpc) is 3.64. The van der Waals surface area contributed by atoms with Gasteiger partial charge in [0.1, 0.15) is 11.8 Å². The lowest BCUT2D eigenvalue weighted by molar-refractivity contribution is -0.138. The number of hydrogen-bond donors (Lipinski definition) is 2. The van der Waals surface area contributed by atoms with Gasteiger partial charge in [0.05, 0.1) is 5.92 Å². The molecular weight excluding hydrogens is 586 g/mol. The molecule has 0 spiro atoms. The minimum Gasteiger partial charge on any atom is -0.350 e. The van der Waals surface area contributed by atoms with Crippen molar-refractivity contribution in [2.75, 3.05) is 13.1 Å². The molecule has 0 unspecified atom stereocenters. The van der Waals surface area contributed by atoms with E-state index in [-0.39, 0.29) is 42.3 Å². The summed E-state index contributed by atoms with van der Waals surface area (Å²) in [6, 6.07) is 23.5. The molecule has 5 rings (SSSR count). The first kappa shape index (κ1) is 34.3. The molecule has 3 amide bonds. The van der Waals surface area contributed by atoms with Gasteiger partial charge in [0.2, 0.25) is 17.7 Å². The fourth-order valence-electron chi connectivity index (χ4n) is 7.18. The Morgan fingerprint density at radius 1 is 0.723 bits per heavy atom. The van der Waals surface area contributed by atoms with Crippen LogP contribution in [0.15, 0.2) is 72.8 Å². The number of nitrogens with one attached hydrogen (secondary N) is 2. The number of Topliss-reactive ketones (excluding diaryl/α,β-unsaturated/α-hetero) is 1. The van der Waals surface area contributed by atoms with Crippen LogP contribution in [0, 0.1) is 11.8 Å². The molecule has 0 radical (unpaired) electrons. The van der Waals surface area contributed by atoms with Crippen molar-refractivity contribution in [1.29, 1.82) is 0 Å². The van der Waals surface area contributed by atoms with E-state index < -0.39 is 12.0 Å². The summed E-state index contributed by atoms with van der Waals surface area (Å²) in [6.45, 7) is 1.73. The van der Waals surface area contributed by atoms with E-state index in [4.69, 9.17) is 0 Å². The summed E-state index contributed by atoms with van der Waals surface area (Å²) >= 11 is 0. The number of hydrogen-bond acceptors (Lipinski definition) is 4. The second-order valence-corrected chi connectivity index (χ2v) is 13.5. The predicted octanol–water partition coefficient (Wildman–Crippen LogP) is 6.91. The zero-order valence-electron chi connectivity index (χ0n) is 27.8. The number of ketones is 1. The lowest BCUT2D eigenvalue weighted by Gasteiger charge is -2.25. The normalized spacial score (nSPS) is 22.1. The topological polar surface area (TPSA) is 95.6 Å². The Labute approximate surface area is 279 Å². The Hall–Kier alpha value is -4.00. The minimum absolute atomic E-state index is 0.00720. The lowest BCUT2D eigenvalue weighted by Crippen LogP contribution is -2.49. The van der Waals surface area contributed by atoms with Gasteiger partial charge in [0.15, 0.2) is 0 Å². The van der Waals surface area contributed by atoms with Crippen molar-refractivity contribution >= 4 is 34.3 Å². The van der Waals surface area contributed by atoms with E-state index in [1.54, 1.807) is 0 Å². The molecule has 250 valence electrons. The van der Waals surface area contributed by atoms with E-state index in [9.17, 15) is 19.2 Å². The molecule has 2 aliphatic heterocycles. The largest absolute Gasteiger partial charge is 0.350 e. The van der Waals surface area contributed by atoms with Gasteiger partial charge in [-0.05, 0) is 54.0 Å². The highest BCUT2D eigenvalue weighted by Crippen LogP contribution is 2.25. The van der Waals surface area contributed by atoms with Crippen molar-refractivity contribution in [1.82, 2.24) is 15.5 Å². The number of carbonyl (C=O) groups is 4. The summed E-state index contributed by atoms with van der Waals surface area (Å²) in [5.74, 6) is -1.67. The third-order valence-corrected chi connectivity index (χ3v) is 9.99. The zero-order chi connectivity index (χ0) is 32.8. The first-order chi connectivity index (χ1) is 23.0. The molecule has 3 atom stereocenters. The fraction of sp³-hybridized carbons (Fsp3) is 0.500. The van der Waals surface area contributed by atoms with Crippen LogP contribution in [0.3, 0.4) is 0 Å². The van der Waals surface area contributed by atoms with Gasteiger partial charge in [0, 0.05) is 38.4 Å². The maximum absolute atomic E-state index is 14.0. The van der Waals surface area contributed by atoms with E-state index in [0.717, 1.165) is 86.1 Å². The Kier molecular flexibility index (Phi) is 13.0. The Bertz CT molecular complexity index is 1480. The van der Waals surface area contributed by atoms with Crippen LogP contribution in [0.4, 0.5) is 0 Å². The summed E-state index contributed by atoms with van der Waals surface area (Å²) in [5, 5.41) is 8.31.